The van der Waals surface area contributed by atoms with E-state index in [0.29, 0.717) is 37.3 Å². The maximum atomic E-state index is 14.2. The molecule has 0 saturated carbocycles. The van der Waals surface area contributed by atoms with E-state index in [9.17, 15) is 14.9 Å². The van der Waals surface area contributed by atoms with Gasteiger partial charge in [0, 0.05) is 49.3 Å². The van der Waals surface area contributed by atoms with Gasteiger partial charge in [0.25, 0.3) is 11.8 Å². The Bertz CT molecular complexity index is 1110. The second-order valence-corrected chi connectivity index (χ2v) is 11.0. The lowest BCUT2D eigenvalue weighted by atomic mass is 9.87. The fraction of sp³-hybridized carbons (Fsp3) is 0.500. The first-order chi connectivity index (χ1) is 17.1. The molecular weight excluding hydrogens is 452 g/mol. The molecule has 8 heteroatoms. The zero-order valence-electron chi connectivity index (χ0n) is 21.6. The molecule has 0 spiro atoms. The van der Waals surface area contributed by atoms with Gasteiger partial charge in [-0.25, -0.2) is 0 Å². The Morgan fingerprint density at radius 2 is 1.92 bits per heavy atom. The minimum absolute atomic E-state index is 0.0587. The molecule has 2 fully saturated rings. The van der Waals surface area contributed by atoms with Crippen molar-refractivity contribution >= 4 is 17.5 Å². The molecular formula is C28H36N6O2. The number of carbonyl (C=O) groups excluding carboxylic acids is 2. The number of amides is 2. The summed E-state index contributed by atoms with van der Waals surface area (Å²) in [4.78, 5) is 37.4. The van der Waals surface area contributed by atoms with Crippen LogP contribution >= 0.6 is 0 Å². The average Bonchev–Trinajstić information content (AvgIpc) is 3.48. The van der Waals surface area contributed by atoms with E-state index in [0.717, 1.165) is 12.0 Å². The SMILES string of the molecule is C[C@H]1CN(C(=O)C(c2cccnc2)N(C(=O)[C@H]2CCCN2C#N)c2ccc(C(C)(C)C)cc2)C[C@@H]1N. The molecule has 3 heterocycles. The quantitative estimate of drug-likeness (QED) is 0.648. The predicted molar refractivity (Wildman–Crippen MR) is 139 cm³/mol. The normalized spacial score (nSPS) is 22.8. The fourth-order valence-electron chi connectivity index (χ4n) is 5.11. The number of nitrogens with two attached hydrogens (primary N) is 1. The molecule has 0 radical (unpaired) electrons. The maximum Gasteiger partial charge on any atom is 0.251 e. The Kier molecular flexibility index (Phi) is 7.32. The lowest BCUT2D eigenvalue weighted by molar-refractivity contribution is -0.134. The van der Waals surface area contributed by atoms with Gasteiger partial charge >= 0.3 is 0 Å². The van der Waals surface area contributed by atoms with Crippen LogP contribution in [0.2, 0.25) is 0 Å². The van der Waals surface area contributed by atoms with Gasteiger partial charge in [0.15, 0.2) is 6.19 Å². The number of hydrogen-bond acceptors (Lipinski definition) is 6. The molecule has 4 rings (SSSR count). The summed E-state index contributed by atoms with van der Waals surface area (Å²) >= 11 is 0. The predicted octanol–water partition coefficient (Wildman–Crippen LogP) is 3.20. The van der Waals surface area contributed by atoms with Gasteiger partial charge in [-0.15, -0.1) is 0 Å². The van der Waals surface area contributed by atoms with Gasteiger partial charge in [0.1, 0.15) is 12.1 Å². The van der Waals surface area contributed by atoms with Crippen molar-refractivity contribution in [2.24, 2.45) is 11.7 Å². The van der Waals surface area contributed by atoms with Gasteiger partial charge in [-0.2, -0.15) is 5.26 Å². The number of nitriles is 1. The lowest BCUT2D eigenvalue weighted by Crippen LogP contribution is -2.51. The number of nitrogens with zero attached hydrogens (tertiary/aromatic N) is 5. The highest BCUT2D eigenvalue weighted by Crippen LogP contribution is 2.34. The van der Waals surface area contributed by atoms with Crippen LogP contribution in [-0.2, 0) is 15.0 Å². The highest BCUT2D eigenvalue weighted by molar-refractivity contribution is 6.04. The molecule has 4 atom stereocenters. The monoisotopic (exact) mass is 488 g/mol. The Morgan fingerprint density at radius 1 is 1.19 bits per heavy atom. The first-order valence-corrected chi connectivity index (χ1v) is 12.7. The van der Waals surface area contributed by atoms with Gasteiger partial charge < -0.3 is 10.6 Å². The van der Waals surface area contributed by atoms with Gasteiger partial charge in [0.2, 0.25) is 0 Å². The van der Waals surface area contributed by atoms with E-state index in [1.807, 2.05) is 37.3 Å². The Morgan fingerprint density at radius 3 is 2.47 bits per heavy atom. The average molecular weight is 489 g/mol. The zero-order valence-corrected chi connectivity index (χ0v) is 21.6. The minimum atomic E-state index is -0.912. The van der Waals surface area contributed by atoms with E-state index in [1.165, 1.54) is 4.90 Å². The molecule has 1 aromatic heterocycles. The third kappa shape index (κ3) is 5.07. The van der Waals surface area contributed by atoms with Crippen molar-refractivity contribution in [1.82, 2.24) is 14.8 Å². The summed E-state index contributed by atoms with van der Waals surface area (Å²) in [6.07, 6.45) is 6.78. The first kappa shape index (κ1) is 25.6. The number of anilines is 1. The van der Waals surface area contributed by atoms with Crippen LogP contribution in [0.3, 0.4) is 0 Å². The molecule has 1 unspecified atom stereocenters. The van der Waals surface area contributed by atoms with Crippen molar-refractivity contribution in [3.05, 3.63) is 59.9 Å². The number of likely N-dealkylation sites (tertiary alicyclic amines) is 2. The molecule has 2 amide bonds. The highest BCUT2D eigenvalue weighted by Gasteiger charge is 2.43. The summed E-state index contributed by atoms with van der Waals surface area (Å²) < 4.78 is 0. The molecule has 36 heavy (non-hydrogen) atoms. The van der Waals surface area contributed by atoms with Crippen molar-refractivity contribution in [3.8, 4) is 6.19 Å². The van der Waals surface area contributed by atoms with Crippen LogP contribution in [-0.4, -0.2) is 58.3 Å². The van der Waals surface area contributed by atoms with E-state index in [2.05, 4.69) is 31.9 Å². The van der Waals surface area contributed by atoms with Crippen molar-refractivity contribution in [2.75, 3.05) is 24.5 Å². The number of benzene rings is 1. The molecule has 1 aromatic carbocycles. The van der Waals surface area contributed by atoms with Crippen molar-refractivity contribution in [2.45, 2.75) is 64.1 Å². The summed E-state index contributed by atoms with van der Waals surface area (Å²) in [5.41, 5.74) is 8.58. The van der Waals surface area contributed by atoms with Crippen LogP contribution in [0.15, 0.2) is 48.8 Å². The second-order valence-electron chi connectivity index (χ2n) is 11.0. The third-order valence-corrected chi connectivity index (χ3v) is 7.39. The van der Waals surface area contributed by atoms with Crippen LogP contribution < -0.4 is 10.6 Å². The Hall–Kier alpha value is -3.44. The number of hydrogen-bond donors (Lipinski definition) is 1. The standard InChI is InChI=1S/C28H36N6O2/c1-19-16-33(17-23(19)30)27(36)25(20-7-5-13-31-15-20)34(26(35)24-8-6-14-32(24)18-29)22-11-9-21(10-12-22)28(2,3)4/h5,7,9-13,15,19,23-25H,6,8,14,16-17,30H2,1-4H3/t19-,23-,24+,25?/m0/s1. The topological polar surface area (TPSA) is 107 Å². The van der Waals surface area contributed by atoms with Gasteiger partial charge in [-0.05, 0) is 47.9 Å². The number of carbonyl (C=O) groups is 2. The molecule has 190 valence electrons. The van der Waals surface area contributed by atoms with Crippen molar-refractivity contribution < 1.29 is 9.59 Å². The Labute approximate surface area is 213 Å². The zero-order chi connectivity index (χ0) is 26.0. The molecule has 0 bridgehead atoms. The van der Waals surface area contributed by atoms with Crippen LogP contribution in [0, 0.1) is 17.4 Å². The number of rotatable bonds is 5. The lowest BCUT2D eigenvalue weighted by Gasteiger charge is -2.36. The van der Waals surface area contributed by atoms with Gasteiger partial charge in [-0.1, -0.05) is 45.9 Å². The van der Waals surface area contributed by atoms with Crippen molar-refractivity contribution in [3.63, 3.8) is 0 Å². The highest BCUT2D eigenvalue weighted by atomic mass is 16.2. The summed E-state index contributed by atoms with van der Waals surface area (Å²) in [5, 5.41) is 9.67. The van der Waals surface area contributed by atoms with E-state index in [-0.39, 0.29) is 29.2 Å². The molecule has 2 aliphatic heterocycles. The molecule has 2 aromatic rings. The summed E-state index contributed by atoms with van der Waals surface area (Å²) in [6, 6.07) is 9.79. The summed E-state index contributed by atoms with van der Waals surface area (Å²) in [6.45, 7) is 9.95. The van der Waals surface area contributed by atoms with Crippen LogP contribution in [0.1, 0.15) is 57.7 Å². The van der Waals surface area contributed by atoms with E-state index < -0.39 is 12.1 Å². The van der Waals surface area contributed by atoms with E-state index in [1.54, 1.807) is 28.3 Å². The third-order valence-electron chi connectivity index (χ3n) is 7.39. The van der Waals surface area contributed by atoms with Crippen LogP contribution in [0.25, 0.3) is 0 Å². The molecule has 2 saturated heterocycles. The first-order valence-electron chi connectivity index (χ1n) is 12.7. The smallest absolute Gasteiger partial charge is 0.251 e. The maximum absolute atomic E-state index is 14.2. The fourth-order valence-corrected chi connectivity index (χ4v) is 5.11. The van der Waals surface area contributed by atoms with Crippen LogP contribution in [0.4, 0.5) is 5.69 Å². The summed E-state index contributed by atoms with van der Waals surface area (Å²) in [7, 11) is 0. The molecule has 0 aliphatic carbocycles. The summed E-state index contributed by atoms with van der Waals surface area (Å²) in [5.74, 6) is -0.267. The number of aromatic nitrogens is 1. The van der Waals surface area contributed by atoms with Crippen LogP contribution in [0.5, 0.6) is 0 Å². The minimum Gasteiger partial charge on any atom is -0.339 e. The van der Waals surface area contributed by atoms with Crippen molar-refractivity contribution in [1.29, 1.82) is 5.26 Å². The van der Waals surface area contributed by atoms with E-state index in [4.69, 9.17) is 5.73 Å². The largest absolute Gasteiger partial charge is 0.339 e. The second kappa shape index (κ2) is 10.3. The van der Waals surface area contributed by atoms with E-state index >= 15 is 0 Å². The number of pyridine rings is 1. The Balaban J connectivity index is 1.82. The van der Waals surface area contributed by atoms with Gasteiger partial charge in [-0.3, -0.25) is 24.4 Å². The molecule has 2 aliphatic rings. The molecule has 2 N–H and O–H groups in total. The van der Waals surface area contributed by atoms with Gasteiger partial charge in [0.05, 0.1) is 0 Å². The molecule has 8 nitrogen and oxygen atoms in total.